The average Bonchev–Trinajstić information content (AvgIpc) is 2.35. The maximum atomic E-state index is 12.3. The summed E-state index contributed by atoms with van der Waals surface area (Å²) in [6, 6.07) is 9.07. The molecule has 5 nitrogen and oxygen atoms in total. The molecule has 120 valence electrons. The van der Waals surface area contributed by atoms with Crippen LogP contribution in [0.25, 0.3) is 0 Å². The minimum absolute atomic E-state index is 0.248. The summed E-state index contributed by atoms with van der Waals surface area (Å²) in [5, 5.41) is 10.0. The Morgan fingerprint density at radius 2 is 1.64 bits per heavy atom. The Labute approximate surface area is 132 Å². The Balaban J connectivity index is 2.90. The fraction of sp³-hybridized carbons (Fsp3) is 0.529. The van der Waals surface area contributed by atoms with Crippen molar-refractivity contribution >= 4 is 6.09 Å². The first-order valence-electron chi connectivity index (χ1n) is 7.19. The van der Waals surface area contributed by atoms with Crippen molar-refractivity contribution in [3.63, 3.8) is 0 Å². The van der Waals surface area contributed by atoms with E-state index in [0.717, 1.165) is 5.56 Å². The predicted octanol–water partition coefficient (Wildman–Crippen LogP) is 4.03. The van der Waals surface area contributed by atoms with Gasteiger partial charge in [-0.05, 0) is 59.2 Å². The van der Waals surface area contributed by atoms with Gasteiger partial charge in [0, 0.05) is 0 Å². The van der Waals surface area contributed by atoms with Gasteiger partial charge in [0.25, 0.3) is 0 Å². The number of hydrogen-bond acceptors (Lipinski definition) is 4. The standard InChI is InChI=1S/C17H24N2O3/c1-16(2,3)21-15(20)19(22-17(4,5)6)12-14-9-7-13(11-18)8-10-14/h7-10H,12H2,1-6H3. The third-order valence-corrected chi connectivity index (χ3v) is 2.39. The van der Waals surface area contributed by atoms with Crippen LogP contribution >= 0.6 is 0 Å². The molecule has 0 aliphatic carbocycles. The second kappa shape index (κ2) is 6.80. The molecule has 0 unspecified atom stereocenters. The third-order valence-electron chi connectivity index (χ3n) is 2.39. The van der Waals surface area contributed by atoms with E-state index in [4.69, 9.17) is 14.8 Å². The van der Waals surface area contributed by atoms with Crippen LogP contribution in [0.1, 0.15) is 52.7 Å². The third kappa shape index (κ3) is 6.59. The monoisotopic (exact) mass is 304 g/mol. The number of carbonyl (C=O) groups is 1. The second-order valence-corrected chi connectivity index (χ2v) is 7.03. The quantitative estimate of drug-likeness (QED) is 0.791. The van der Waals surface area contributed by atoms with Crippen LogP contribution in [0.15, 0.2) is 24.3 Å². The smallest absolute Gasteiger partial charge is 0.434 e. The average molecular weight is 304 g/mol. The highest BCUT2D eigenvalue weighted by Crippen LogP contribution is 2.18. The van der Waals surface area contributed by atoms with Crippen LogP contribution in [0.3, 0.4) is 0 Å². The molecular formula is C17H24N2O3. The van der Waals surface area contributed by atoms with Crippen LogP contribution in [-0.2, 0) is 16.1 Å². The van der Waals surface area contributed by atoms with E-state index in [1.807, 2.05) is 41.5 Å². The van der Waals surface area contributed by atoms with Gasteiger partial charge in [0.05, 0.1) is 23.8 Å². The molecule has 0 aliphatic heterocycles. The summed E-state index contributed by atoms with van der Waals surface area (Å²) in [4.78, 5) is 18.0. The van der Waals surface area contributed by atoms with Gasteiger partial charge in [-0.2, -0.15) is 10.3 Å². The SMILES string of the molecule is CC(C)(C)OC(=O)N(Cc1ccc(C#N)cc1)OC(C)(C)C. The first-order chi connectivity index (χ1) is 10.00. The number of nitrogens with zero attached hydrogens (tertiary/aromatic N) is 2. The lowest BCUT2D eigenvalue weighted by atomic mass is 10.1. The maximum Gasteiger partial charge on any atom is 0.434 e. The van der Waals surface area contributed by atoms with Gasteiger partial charge >= 0.3 is 6.09 Å². The van der Waals surface area contributed by atoms with Gasteiger partial charge in [0.1, 0.15) is 5.60 Å². The lowest BCUT2D eigenvalue weighted by Crippen LogP contribution is -2.41. The zero-order valence-corrected chi connectivity index (χ0v) is 14.1. The predicted molar refractivity (Wildman–Crippen MR) is 83.8 cm³/mol. The van der Waals surface area contributed by atoms with E-state index in [1.165, 1.54) is 5.06 Å². The summed E-state index contributed by atoms with van der Waals surface area (Å²) in [5.41, 5.74) is 0.309. The Kier molecular flexibility index (Phi) is 5.56. The van der Waals surface area contributed by atoms with E-state index < -0.39 is 17.3 Å². The van der Waals surface area contributed by atoms with E-state index in [2.05, 4.69) is 6.07 Å². The Bertz CT molecular complexity index is 545. The normalized spacial score (nSPS) is 11.7. The van der Waals surface area contributed by atoms with Crippen LogP contribution in [-0.4, -0.2) is 22.4 Å². The fourth-order valence-electron chi connectivity index (χ4n) is 1.63. The number of benzene rings is 1. The zero-order valence-electron chi connectivity index (χ0n) is 14.1. The molecule has 5 heteroatoms. The van der Waals surface area contributed by atoms with Crippen LogP contribution < -0.4 is 0 Å². The largest absolute Gasteiger partial charge is 0.442 e. The number of hydroxylamine groups is 2. The van der Waals surface area contributed by atoms with Crippen molar-refractivity contribution in [2.45, 2.75) is 59.3 Å². The van der Waals surface area contributed by atoms with Crippen LogP contribution in [0, 0.1) is 11.3 Å². The lowest BCUT2D eigenvalue weighted by molar-refractivity contribution is -0.216. The summed E-state index contributed by atoms with van der Waals surface area (Å²) in [5.74, 6) is 0. The summed E-state index contributed by atoms with van der Waals surface area (Å²) in [7, 11) is 0. The minimum atomic E-state index is -0.596. The number of rotatable bonds is 3. The molecule has 0 aliphatic rings. The molecule has 22 heavy (non-hydrogen) atoms. The van der Waals surface area contributed by atoms with E-state index in [1.54, 1.807) is 24.3 Å². The van der Waals surface area contributed by atoms with Gasteiger partial charge in [-0.25, -0.2) is 4.79 Å². The molecule has 1 aromatic carbocycles. The van der Waals surface area contributed by atoms with Crippen molar-refractivity contribution in [2.75, 3.05) is 0 Å². The van der Waals surface area contributed by atoms with Gasteiger partial charge in [-0.3, -0.25) is 4.84 Å². The van der Waals surface area contributed by atoms with Gasteiger partial charge in [-0.1, -0.05) is 12.1 Å². The van der Waals surface area contributed by atoms with Crippen LogP contribution in [0.5, 0.6) is 0 Å². The molecule has 0 bridgehead atoms. The lowest BCUT2D eigenvalue weighted by Gasteiger charge is -2.31. The van der Waals surface area contributed by atoms with E-state index in [-0.39, 0.29) is 6.54 Å². The minimum Gasteiger partial charge on any atom is -0.442 e. The molecule has 1 rings (SSSR count). The maximum absolute atomic E-state index is 12.3. The van der Waals surface area contributed by atoms with Crippen molar-refractivity contribution in [3.05, 3.63) is 35.4 Å². The topological polar surface area (TPSA) is 62.6 Å². The van der Waals surface area contributed by atoms with E-state index >= 15 is 0 Å². The summed E-state index contributed by atoms with van der Waals surface area (Å²) < 4.78 is 5.37. The molecule has 0 N–H and O–H groups in total. The number of amides is 1. The molecule has 0 spiro atoms. The van der Waals surface area contributed by atoms with Crippen molar-refractivity contribution in [2.24, 2.45) is 0 Å². The van der Waals surface area contributed by atoms with Crippen LogP contribution in [0.2, 0.25) is 0 Å². The highest BCUT2D eigenvalue weighted by Gasteiger charge is 2.27. The molecule has 0 fully saturated rings. The van der Waals surface area contributed by atoms with Crippen molar-refractivity contribution < 1.29 is 14.4 Å². The summed E-state index contributed by atoms with van der Waals surface area (Å²) in [6.07, 6.45) is -0.535. The van der Waals surface area contributed by atoms with Gasteiger partial charge in [-0.15, -0.1) is 0 Å². The highest BCUT2D eigenvalue weighted by atomic mass is 16.7. The molecule has 0 radical (unpaired) electrons. The molecule has 0 atom stereocenters. The highest BCUT2D eigenvalue weighted by molar-refractivity contribution is 5.67. The number of carbonyl (C=O) groups excluding carboxylic acids is 1. The molecule has 0 saturated heterocycles. The van der Waals surface area contributed by atoms with Crippen molar-refractivity contribution in [3.8, 4) is 6.07 Å². The fourth-order valence-corrected chi connectivity index (χ4v) is 1.63. The molecular weight excluding hydrogens is 280 g/mol. The van der Waals surface area contributed by atoms with Gasteiger partial charge in [0.15, 0.2) is 0 Å². The molecule has 0 heterocycles. The molecule has 1 amide bonds. The van der Waals surface area contributed by atoms with Crippen molar-refractivity contribution in [1.29, 1.82) is 5.26 Å². The summed E-state index contributed by atoms with van der Waals surface area (Å²) in [6.45, 7) is 11.3. The van der Waals surface area contributed by atoms with Crippen LogP contribution in [0.4, 0.5) is 4.79 Å². The van der Waals surface area contributed by atoms with Gasteiger partial charge in [0.2, 0.25) is 0 Å². The van der Waals surface area contributed by atoms with Gasteiger partial charge < -0.3 is 4.74 Å². The number of hydrogen-bond donors (Lipinski definition) is 0. The Morgan fingerprint density at radius 3 is 2.05 bits per heavy atom. The first kappa shape index (κ1) is 18.0. The number of nitriles is 1. The number of ether oxygens (including phenoxy) is 1. The van der Waals surface area contributed by atoms with E-state index in [9.17, 15) is 4.79 Å². The van der Waals surface area contributed by atoms with E-state index in [0.29, 0.717) is 5.56 Å². The molecule has 0 aromatic heterocycles. The Morgan fingerprint density at radius 1 is 1.09 bits per heavy atom. The first-order valence-corrected chi connectivity index (χ1v) is 7.19. The zero-order chi connectivity index (χ0) is 17.0. The van der Waals surface area contributed by atoms with Crippen molar-refractivity contribution in [1.82, 2.24) is 5.06 Å². The Hall–Kier alpha value is -2.06. The molecule has 1 aromatic rings. The molecule has 0 saturated carbocycles. The summed E-state index contributed by atoms with van der Waals surface area (Å²) >= 11 is 0. The second-order valence-electron chi connectivity index (χ2n) is 7.03.